The molecular weight excluding hydrogens is 334 g/mol. The molecular formula is C20H15NO5. The second kappa shape index (κ2) is 6.40. The van der Waals surface area contributed by atoms with Gasteiger partial charge in [0.25, 0.3) is 0 Å². The topological polar surface area (TPSA) is 89.5 Å². The summed E-state index contributed by atoms with van der Waals surface area (Å²) in [5.74, 6) is -2.02. The highest BCUT2D eigenvalue weighted by molar-refractivity contribution is 6.31. The predicted octanol–water partition coefficient (Wildman–Crippen LogP) is 2.90. The van der Waals surface area contributed by atoms with Crippen molar-refractivity contribution in [3.05, 3.63) is 70.8 Å². The molecule has 2 aromatic carbocycles. The Morgan fingerprint density at radius 3 is 2.04 bits per heavy atom. The van der Waals surface area contributed by atoms with E-state index in [1.165, 1.54) is 32.0 Å². The van der Waals surface area contributed by atoms with Crippen LogP contribution in [0.25, 0.3) is 0 Å². The first kappa shape index (κ1) is 17.3. The number of carbonyl (C=O) groups is 4. The van der Waals surface area contributed by atoms with Crippen molar-refractivity contribution in [2.45, 2.75) is 13.8 Å². The summed E-state index contributed by atoms with van der Waals surface area (Å²) in [6.45, 7) is 6.28. The smallest absolute Gasteiger partial charge is 0.338 e. The maximum atomic E-state index is 13.0. The van der Waals surface area contributed by atoms with Gasteiger partial charge in [0.05, 0.1) is 16.8 Å². The molecule has 0 heterocycles. The number of ketones is 2. The van der Waals surface area contributed by atoms with E-state index in [1.807, 2.05) is 0 Å². The Hall–Kier alpha value is -3.54. The van der Waals surface area contributed by atoms with Crippen molar-refractivity contribution in [1.29, 1.82) is 0 Å². The number of carbonyl (C=O) groups excluding carboxylic acids is 4. The number of rotatable bonds is 3. The lowest BCUT2D eigenvalue weighted by molar-refractivity contribution is -0.130. The number of fused-ring (bicyclic) bond motifs is 2. The molecule has 0 fully saturated rings. The lowest BCUT2D eigenvalue weighted by Crippen LogP contribution is -2.25. The van der Waals surface area contributed by atoms with Crippen LogP contribution in [0.5, 0.6) is 5.75 Å². The van der Waals surface area contributed by atoms with Crippen LogP contribution in [0.15, 0.2) is 48.6 Å². The molecule has 1 N–H and O–H groups in total. The Morgan fingerprint density at radius 1 is 0.923 bits per heavy atom. The molecule has 0 aliphatic heterocycles. The summed E-state index contributed by atoms with van der Waals surface area (Å²) in [6, 6.07) is 9.19. The summed E-state index contributed by atoms with van der Waals surface area (Å²) < 4.78 is 5.24. The van der Waals surface area contributed by atoms with Crippen LogP contribution >= 0.6 is 0 Å². The average molecular weight is 349 g/mol. The second-order valence-corrected chi connectivity index (χ2v) is 5.92. The van der Waals surface area contributed by atoms with Crippen LogP contribution in [0.4, 0.5) is 5.69 Å². The third-order valence-corrected chi connectivity index (χ3v) is 3.90. The van der Waals surface area contributed by atoms with E-state index in [4.69, 9.17) is 4.74 Å². The monoisotopic (exact) mass is 349 g/mol. The SMILES string of the molecule is C=C(C)C(=O)Oc1ccc(NC(C)=O)c2c1C(=O)c1ccccc1C2=O. The molecule has 2 aromatic rings. The minimum atomic E-state index is -0.710. The Bertz CT molecular complexity index is 1000. The van der Waals surface area contributed by atoms with Gasteiger partial charge < -0.3 is 10.1 Å². The normalized spacial score (nSPS) is 12.1. The van der Waals surface area contributed by atoms with Crippen molar-refractivity contribution < 1.29 is 23.9 Å². The molecule has 1 amide bonds. The number of anilines is 1. The number of hydrogen-bond acceptors (Lipinski definition) is 5. The third kappa shape index (κ3) is 2.82. The number of nitrogens with one attached hydrogen (secondary N) is 1. The molecule has 0 saturated heterocycles. The number of benzene rings is 2. The van der Waals surface area contributed by atoms with Gasteiger partial charge in [0.1, 0.15) is 5.75 Å². The summed E-state index contributed by atoms with van der Waals surface area (Å²) in [6.07, 6.45) is 0. The highest BCUT2D eigenvalue weighted by atomic mass is 16.5. The zero-order valence-corrected chi connectivity index (χ0v) is 14.2. The van der Waals surface area contributed by atoms with Gasteiger partial charge in [-0.25, -0.2) is 4.79 Å². The Labute approximate surface area is 149 Å². The Balaban J connectivity index is 2.25. The zero-order chi connectivity index (χ0) is 19.0. The van der Waals surface area contributed by atoms with Gasteiger partial charge in [0, 0.05) is 23.6 Å². The lowest BCUT2D eigenvalue weighted by Gasteiger charge is -2.22. The van der Waals surface area contributed by atoms with Crippen molar-refractivity contribution in [3.63, 3.8) is 0 Å². The standard InChI is InChI=1S/C20H15NO5/c1-10(2)20(25)26-15-9-8-14(21-11(3)22)16-17(15)19(24)13-7-5-4-6-12(13)18(16)23/h4-9H,1H2,2-3H3,(H,21,22). The van der Waals surface area contributed by atoms with E-state index in [0.717, 1.165) is 0 Å². The molecule has 0 aromatic heterocycles. The highest BCUT2D eigenvalue weighted by Crippen LogP contribution is 2.37. The zero-order valence-electron chi connectivity index (χ0n) is 14.2. The largest absolute Gasteiger partial charge is 0.422 e. The van der Waals surface area contributed by atoms with E-state index < -0.39 is 23.4 Å². The van der Waals surface area contributed by atoms with Crippen LogP contribution in [0.3, 0.4) is 0 Å². The molecule has 0 spiro atoms. The maximum Gasteiger partial charge on any atom is 0.338 e. The van der Waals surface area contributed by atoms with Crippen molar-refractivity contribution in [1.82, 2.24) is 0 Å². The van der Waals surface area contributed by atoms with Gasteiger partial charge >= 0.3 is 5.97 Å². The van der Waals surface area contributed by atoms with Crippen molar-refractivity contribution in [3.8, 4) is 5.75 Å². The summed E-state index contributed by atoms with van der Waals surface area (Å²) >= 11 is 0. The molecule has 26 heavy (non-hydrogen) atoms. The van der Waals surface area contributed by atoms with Gasteiger partial charge in [-0.05, 0) is 19.1 Å². The molecule has 0 saturated carbocycles. The van der Waals surface area contributed by atoms with Crippen molar-refractivity contribution in [2.75, 3.05) is 5.32 Å². The van der Waals surface area contributed by atoms with E-state index in [0.29, 0.717) is 0 Å². The number of amides is 1. The van der Waals surface area contributed by atoms with Crippen LogP contribution in [-0.2, 0) is 9.59 Å². The van der Waals surface area contributed by atoms with Gasteiger partial charge in [-0.1, -0.05) is 30.8 Å². The quantitative estimate of drug-likeness (QED) is 0.446. The fraction of sp³-hybridized carbons (Fsp3) is 0.100. The molecule has 1 aliphatic carbocycles. The molecule has 130 valence electrons. The molecule has 3 rings (SSSR count). The number of esters is 1. The van der Waals surface area contributed by atoms with Gasteiger partial charge in [0.15, 0.2) is 11.6 Å². The van der Waals surface area contributed by atoms with E-state index in [1.54, 1.807) is 18.2 Å². The first-order valence-corrected chi connectivity index (χ1v) is 7.82. The van der Waals surface area contributed by atoms with Crippen LogP contribution in [0.1, 0.15) is 45.7 Å². The molecule has 6 nitrogen and oxygen atoms in total. The Morgan fingerprint density at radius 2 is 1.50 bits per heavy atom. The summed E-state index contributed by atoms with van der Waals surface area (Å²) in [5.41, 5.74) is 0.762. The molecule has 1 aliphatic rings. The van der Waals surface area contributed by atoms with E-state index in [2.05, 4.69) is 11.9 Å². The van der Waals surface area contributed by atoms with Crippen molar-refractivity contribution >= 4 is 29.1 Å². The first-order chi connectivity index (χ1) is 12.3. The van der Waals surface area contributed by atoms with Gasteiger partial charge in [0.2, 0.25) is 5.91 Å². The molecule has 6 heteroatoms. The second-order valence-electron chi connectivity index (χ2n) is 5.92. The fourth-order valence-electron chi connectivity index (χ4n) is 2.76. The van der Waals surface area contributed by atoms with E-state index in [-0.39, 0.29) is 39.3 Å². The van der Waals surface area contributed by atoms with Gasteiger partial charge in [-0.15, -0.1) is 0 Å². The van der Waals surface area contributed by atoms with E-state index >= 15 is 0 Å². The fourth-order valence-corrected chi connectivity index (χ4v) is 2.76. The summed E-state index contributed by atoms with van der Waals surface area (Å²) in [5, 5.41) is 2.55. The van der Waals surface area contributed by atoms with Gasteiger partial charge in [-0.2, -0.15) is 0 Å². The van der Waals surface area contributed by atoms with Crippen LogP contribution in [0, 0.1) is 0 Å². The van der Waals surface area contributed by atoms with Gasteiger partial charge in [-0.3, -0.25) is 14.4 Å². The summed E-state index contributed by atoms with van der Waals surface area (Å²) in [7, 11) is 0. The lowest BCUT2D eigenvalue weighted by atomic mass is 9.82. The predicted molar refractivity (Wildman–Crippen MR) is 94.5 cm³/mol. The molecule has 0 atom stereocenters. The average Bonchev–Trinajstić information content (AvgIpc) is 2.60. The third-order valence-electron chi connectivity index (χ3n) is 3.90. The van der Waals surface area contributed by atoms with Crippen molar-refractivity contribution in [2.24, 2.45) is 0 Å². The minimum absolute atomic E-state index is 0.0101. The number of ether oxygens (including phenoxy) is 1. The Kier molecular flexibility index (Phi) is 4.26. The number of hydrogen-bond donors (Lipinski definition) is 1. The first-order valence-electron chi connectivity index (χ1n) is 7.82. The molecule has 0 bridgehead atoms. The van der Waals surface area contributed by atoms with E-state index in [9.17, 15) is 19.2 Å². The molecule has 0 unspecified atom stereocenters. The maximum absolute atomic E-state index is 13.0. The molecule has 0 radical (unpaired) electrons. The van der Waals surface area contributed by atoms with Crippen LogP contribution in [0.2, 0.25) is 0 Å². The highest BCUT2D eigenvalue weighted by Gasteiger charge is 2.35. The minimum Gasteiger partial charge on any atom is -0.422 e. The van der Waals surface area contributed by atoms with Crippen LogP contribution < -0.4 is 10.1 Å². The van der Waals surface area contributed by atoms with Crippen LogP contribution in [-0.4, -0.2) is 23.4 Å². The summed E-state index contributed by atoms with van der Waals surface area (Å²) in [4.78, 5) is 49.3.